The molecule has 2 aromatic rings. The maximum atomic E-state index is 12.0. The minimum atomic E-state index is -0.317. The van der Waals surface area contributed by atoms with Crippen LogP contribution in [0.2, 0.25) is 0 Å². The van der Waals surface area contributed by atoms with E-state index < -0.39 is 0 Å². The van der Waals surface area contributed by atoms with Gasteiger partial charge in [0.25, 0.3) is 5.91 Å². The normalized spacial score (nSPS) is 11.2. The minimum Gasteiger partial charge on any atom is -0.409 e. The molecule has 0 atom stereocenters. The van der Waals surface area contributed by atoms with Crippen molar-refractivity contribution in [3.63, 3.8) is 0 Å². The van der Waals surface area contributed by atoms with Gasteiger partial charge in [-0.2, -0.15) is 0 Å². The van der Waals surface area contributed by atoms with Crippen LogP contribution in [0.25, 0.3) is 0 Å². The Kier molecular flexibility index (Phi) is 4.31. The molecule has 7 heteroatoms. The van der Waals surface area contributed by atoms with Gasteiger partial charge < -0.3 is 16.3 Å². The van der Waals surface area contributed by atoms with Crippen LogP contribution in [0, 0.1) is 0 Å². The van der Waals surface area contributed by atoms with Crippen LogP contribution in [-0.2, 0) is 0 Å². The molecule has 0 unspecified atom stereocenters. The SMILES string of the molecule is N/C(=N/O)c1ccc(NC(=O)c2ccccn2)c(Br)c1. The summed E-state index contributed by atoms with van der Waals surface area (Å²) in [6, 6.07) is 10.0. The quantitative estimate of drug-likeness (QED) is 0.346. The van der Waals surface area contributed by atoms with Crippen LogP contribution >= 0.6 is 15.9 Å². The number of nitrogens with zero attached hydrogens (tertiary/aromatic N) is 2. The maximum Gasteiger partial charge on any atom is 0.274 e. The van der Waals surface area contributed by atoms with Crippen LogP contribution in [0.15, 0.2) is 52.2 Å². The first kappa shape index (κ1) is 14.0. The van der Waals surface area contributed by atoms with Crippen molar-refractivity contribution in [2.75, 3.05) is 5.32 Å². The molecule has 0 fully saturated rings. The summed E-state index contributed by atoms with van der Waals surface area (Å²) in [6.07, 6.45) is 1.55. The highest BCUT2D eigenvalue weighted by atomic mass is 79.9. The zero-order chi connectivity index (χ0) is 14.5. The molecule has 1 amide bonds. The van der Waals surface area contributed by atoms with Gasteiger partial charge in [0.1, 0.15) is 5.69 Å². The molecular weight excluding hydrogens is 324 g/mol. The van der Waals surface area contributed by atoms with Gasteiger partial charge in [-0.25, -0.2) is 0 Å². The third-order valence-corrected chi connectivity index (χ3v) is 3.17. The number of aromatic nitrogens is 1. The summed E-state index contributed by atoms with van der Waals surface area (Å²) in [7, 11) is 0. The van der Waals surface area contributed by atoms with E-state index in [4.69, 9.17) is 10.9 Å². The number of amides is 1. The lowest BCUT2D eigenvalue weighted by atomic mass is 10.2. The predicted molar refractivity (Wildman–Crippen MR) is 78.8 cm³/mol. The lowest BCUT2D eigenvalue weighted by Crippen LogP contribution is -2.15. The number of oxime groups is 1. The molecule has 1 aromatic carbocycles. The first-order valence-electron chi connectivity index (χ1n) is 5.61. The fourth-order valence-corrected chi connectivity index (χ4v) is 1.99. The van der Waals surface area contributed by atoms with Crippen molar-refractivity contribution in [1.29, 1.82) is 0 Å². The first-order valence-corrected chi connectivity index (χ1v) is 6.41. The van der Waals surface area contributed by atoms with Crippen LogP contribution in [0.3, 0.4) is 0 Å². The van der Waals surface area contributed by atoms with Crippen LogP contribution in [0.5, 0.6) is 0 Å². The Hall–Kier alpha value is -2.41. The molecule has 4 N–H and O–H groups in total. The molecule has 0 saturated heterocycles. The maximum absolute atomic E-state index is 12.0. The highest BCUT2D eigenvalue weighted by molar-refractivity contribution is 9.10. The highest BCUT2D eigenvalue weighted by Crippen LogP contribution is 2.24. The van der Waals surface area contributed by atoms with E-state index in [-0.39, 0.29) is 11.7 Å². The van der Waals surface area contributed by atoms with Crippen molar-refractivity contribution < 1.29 is 10.0 Å². The number of anilines is 1. The molecule has 0 aliphatic carbocycles. The Bertz CT molecular complexity index is 659. The monoisotopic (exact) mass is 334 g/mol. The smallest absolute Gasteiger partial charge is 0.274 e. The molecule has 20 heavy (non-hydrogen) atoms. The fourth-order valence-electron chi connectivity index (χ4n) is 1.52. The number of amidine groups is 1. The van der Waals surface area contributed by atoms with E-state index in [0.29, 0.717) is 21.4 Å². The molecule has 1 heterocycles. The van der Waals surface area contributed by atoms with Crippen molar-refractivity contribution in [1.82, 2.24) is 4.98 Å². The van der Waals surface area contributed by atoms with E-state index in [1.165, 1.54) is 0 Å². The number of nitrogens with two attached hydrogens (primary N) is 1. The van der Waals surface area contributed by atoms with Gasteiger partial charge in [0, 0.05) is 16.2 Å². The molecule has 0 aliphatic heterocycles. The summed E-state index contributed by atoms with van der Waals surface area (Å²) >= 11 is 3.32. The Morgan fingerprint density at radius 1 is 1.35 bits per heavy atom. The third kappa shape index (κ3) is 3.12. The zero-order valence-corrected chi connectivity index (χ0v) is 11.8. The highest BCUT2D eigenvalue weighted by Gasteiger charge is 2.10. The second kappa shape index (κ2) is 6.16. The molecule has 0 spiro atoms. The van der Waals surface area contributed by atoms with Crippen molar-refractivity contribution in [2.24, 2.45) is 10.9 Å². The van der Waals surface area contributed by atoms with E-state index in [0.717, 1.165) is 0 Å². The number of carbonyl (C=O) groups excluding carboxylic acids is 1. The standard InChI is InChI=1S/C13H11BrN4O2/c14-9-7-8(12(15)18-20)4-5-10(9)17-13(19)11-3-1-2-6-16-11/h1-7,20H,(H2,15,18)(H,17,19). The van der Waals surface area contributed by atoms with E-state index in [9.17, 15) is 4.79 Å². The van der Waals surface area contributed by atoms with Gasteiger partial charge in [0.05, 0.1) is 5.69 Å². The lowest BCUT2D eigenvalue weighted by Gasteiger charge is -2.08. The molecule has 102 valence electrons. The van der Waals surface area contributed by atoms with Gasteiger partial charge in [-0.05, 0) is 46.3 Å². The molecule has 1 aromatic heterocycles. The number of hydrogen-bond donors (Lipinski definition) is 3. The Labute approximate surface area is 123 Å². The largest absolute Gasteiger partial charge is 0.409 e. The van der Waals surface area contributed by atoms with Crippen molar-refractivity contribution >= 4 is 33.4 Å². The molecule has 6 nitrogen and oxygen atoms in total. The van der Waals surface area contributed by atoms with E-state index in [1.54, 1.807) is 42.6 Å². The second-order valence-corrected chi connectivity index (χ2v) is 4.70. The number of rotatable bonds is 3. The van der Waals surface area contributed by atoms with Gasteiger partial charge in [-0.1, -0.05) is 11.2 Å². The van der Waals surface area contributed by atoms with Crippen LogP contribution < -0.4 is 11.1 Å². The summed E-state index contributed by atoms with van der Waals surface area (Å²) in [6.45, 7) is 0. The molecule has 0 saturated carbocycles. The number of carbonyl (C=O) groups is 1. The van der Waals surface area contributed by atoms with Crippen molar-refractivity contribution in [2.45, 2.75) is 0 Å². The molecular formula is C13H11BrN4O2. The van der Waals surface area contributed by atoms with Crippen LogP contribution in [0.1, 0.15) is 16.1 Å². The zero-order valence-electron chi connectivity index (χ0n) is 10.2. The average molecular weight is 335 g/mol. The van der Waals surface area contributed by atoms with Gasteiger partial charge in [0.15, 0.2) is 5.84 Å². The lowest BCUT2D eigenvalue weighted by molar-refractivity contribution is 0.102. The Balaban J connectivity index is 2.21. The fraction of sp³-hybridized carbons (Fsp3) is 0. The van der Waals surface area contributed by atoms with Gasteiger partial charge >= 0.3 is 0 Å². The molecule has 2 rings (SSSR count). The van der Waals surface area contributed by atoms with E-state index >= 15 is 0 Å². The van der Waals surface area contributed by atoms with Crippen molar-refractivity contribution in [3.8, 4) is 0 Å². The number of hydrogen-bond acceptors (Lipinski definition) is 4. The average Bonchev–Trinajstić information content (AvgIpc) is 2.49. The molecule has 0 aliphatic rings. The number of halogens is 1. The Morgan fingerprint density at radius 2 is 2.15 bits per heavy atom. The van der Waals surface area contributed by atoms with Crippen LogP contribution in [-0.4, -0.2) is 21.9 Å². The predicted octanol–water partition coefficient (Wildman–Crippen LogP) is 2.19. The number of benzene rings is 1. The third-order valence-electron chi connectivity index (χ3n) is 2.52. The minimum absolute atomic E-state index is 0.00620. The molecule has 0 radical (unpaired) electrons. The summed E-state index contributed by atoms with van der Waals surface area (Å²) < 4.78 is 0.617. The van der Waals surface area contributed by atoms with E-state index in [2.05, 4.69) is 31.4 Å². The summed E-state index contributed by atoms with van der Waals surface area (Å²) in [5, 5.41) is 14.2. The van der Waals surface area contributed by atoms with Gasteiger partial charge in [-0.3, -0.25) is 9.78 Å². The van der Waals surface area contributed by atoms with Crippen LogP contribution in [0.4, 0.5) is 5.69 Å². The second-order valence-electron chi connectivity index (χ2n) is 3.85. The number of nitrogens with one attached hydrogen (secondary N) is 1. The number of pyridine rings is 1. The van der Waals surface area contributed by atoms with Gasteiger partial charge in [-0.15, -0.1) is 0 Å². The van der Waals surface area contributed by atoms with Gasteiger partial charge in [0.2, 0.25) is 0 Å². The summed E-state index contributed by atoms with van der Waals surface area (Å²) in [5.74, 6) is -0.323. The Morgan fingerprint density at radius 3 is 2.75 bits per heavy atom. The summed E-state index contributed by atoms with van der Waals surface area (Å²) in [4.78, 5) is 15.9. The van der Waals surface area contributed by atoms with E-state index in [1.807, 2.05) is 0 Å². The topological polar surface area (TPSA) is 101 Å². The van der Waals surface area contributed by atoms with Crippen molar-refractivity contribution in [3.05, 3.63) is 58.3 Å². The summed E-state index contributed by atoms with van der Waals surface area (Å²) in [5.41, 5.74) is 6.91. The first-order chi connectivity index (χ1) is 9.61. The molecule has 0 bridgehead atoms.